The second-order valence-corrected chi connectivity index (χ2v) is 5.84. The van der Waals surface area contributed by atoms with Gasteiger partial charge in [0.05, 0.1) is 5.60 Å². The first kappa shape index (κ1) is 14.0. The number of nitrogens with two attached hydrogens (primary N) is 1. The fourth-order valence-corrected chi connectivity index (χ4v) is 2.99. The molecule has 2 aliphatic rings. The molecule has 104 valence electrons. The van der Waals surface area contributed by atoms with Crippen LogP contribution in [0.4, 0.5) is 0 Å². The maximum atomic E-state index is 12.3. The van der Waals surface area contributed by atoms with Gasteiger partial charge in [0, 0.05) is 32.2 Å². The molecular weight excluding hydrogens is 230 g/mol. The predicted octanol–water partition coefficient (Wildman–Crippen LogP) is 1.52. The van der Waals surface area contributed by atoms with Crippen molar-refractivity contribution in [2.24, 2.45) is 17.6 Å². The Kier molecular flexibility index (Phi) is 4.76. The summed E-state index contributed by atoms with van der Waals surface area (Å²) in [5, 5.41) is 0. The summed E-state index contributed by atoms with van der Waals surface area (Å²) in [4.78, 5) is 12.3. The number of hydrogen-bond acceptors (Lipinski definition) is 4. The van der Waals surface area contributed by atoms with E-state index in [0.717, 1.165) is 38.9 Å². The van der Waals surface area contributed by atoms with Crippen LogP contribution in [-0.4, -0.2) is 37.7 Å². The van der Waals surface area contributed by atoms with Crippen LogP contribution in [0.15, 0.2) is 0 Å². The van der Waals surface area contributed by atoms with Crippen molar-refractivity contribution >= 4 is 5.78 Å². The number of carbonyl (C=O) groups excluding carboxylic acids is 1. The molecule has 2 unspecified atom stereocenters. The summed E-state index contributed by atoms with van der Waals surface area (Å²) in [5.74, 6) is 0.846. The third-order valence-electron chi connectivity index (χ3n) is 4.30. The quantitative estimate of drug-likeness (QED) is 0.827. The monoisotopic (exact) mass is 255 g/mol. The Hall–Kier alpha value is -0.450. The average Bonchev–Trinajstić information content (AvgIpc) is 2.39. The van der Waals surface area contributed by atoms with Crippen LogP contribution in [-0.2, 0) is 14.3 Å². The Labute approximate surface area is 109 Å². The van der Waals surface area contributed by atoms with Gasteiger partial charge in [0.15, 0.2) is 0 Å². The topological polar surface area (TPSA) is 61.6 Å². The fraction of sp³-hybridized carbons (Fsp3) is 0.929. The van der Waals surface area contributed by atoms with Gasteiger partial charge in [-0.2, -0.15) is 0 Å². The summed E-state index contributed by atoms with van der Waals surface area (Å²) >= 11 is 0. The molecule has 2 N–H and O–H groups in total. The average molecular weight is 255 g/mol. The molecule has 4 nitrogen and oxygen atoms in total. The van der Waals surface area contributed by atoms with Crippen LogP contribution in [0.3, 0.4) is 0 Å². The van der Waals surface area contributed by atoms with Gasteiger partial charge in [-0.05, 0) is 38.1 Å². The number of Topliss-reactive ketones (excluding diaryl/α,β-unsaturated/α-hetero) is 1. The van der Waals surface area contributed by atoms with Crippen LogP contribution in [0.2, 0.25) is 0 Å². The van der Waals surface area contributed by atoms with E-state index in [1.54, 1.807) is 0 Å². The molecule has 2 heterocycles. The van der Waals surface area contributed by atoms with Gasteiger partial charge in [-0.1, -0.05) is 6.92 Å². The van der Waals surface area contributed by atoms with Crippen molar-refractivity contribution in [2.45, 2.75) is 44.6 Å². The van der Waals surface area contributed by atoms with Crippen LogP contribution in [0.25, 0.3) is 0 Å². The van der Waals surface area contributed by atoms with E-state index in [2.05, 4.69) is 0 Å². The summed E-state index contributed by atoms with van der Waals surface area (Å²) in [6.07, 6.45) is 4.24. The summed E-state index contributed by atoms with van der Waals surface area (Å²) in [6.45, 7) is 4.88. The van der Waals surface area contributed by atoms with E-state index >= 15 is 0 Å². The Morgan fingerprint density at radius 3 is 2.78 bits per heavy atom. The molecule has 2 saturated heterocycles. The minimum Gasteiger partial charge on any atom is -0.381 e. The van der Waals surface area contributed by atoms with Crippen LogP contribution in [0.1, 0.15) is 39.0 Å². The highest BCUT2D eigenvalue weighted by atomic mass is 16.5. The van der Waals surface area contributed by atoms with Crippen molar-refractivity contribution in [1.82, 2.24) is 0 Å². The lowest BCUT2D eigenvalue weighted by Gasteiger charge is -2.43. The molecule has 2 aliphatic heterocycles. The molecule has 0 aliphatic carbocycles. The molecule has 0 aromatic heterocycles. The Morgan fingerprint density at radius 2 is 2.11 bits per heavy atom. The van der Waals surface area contributed by atoms with Crippen molar-refractivity contribution in [3.8, 4) is 0 Å². The highest BCUT2D eigenvalue weighted by Crippen LogP contribution is 2.37. The first-order valence-corrected chi connectivity index (χ1v) is 7.10. The minimum absolute atomic E-state index is 0.0806. The van der Waals surface area contributed by atoms with Crippen molar-refractivity contribution in [3.63, 3.8) is 0 Å². The summed E-state index contributed by atoms with van der Waals surface area (Å²) in [5.41, 5.74) is 5.51. The molecule has 0 aromatic carbocycles. The Morgan fingerprint density at radius 1 is 1.39 bits per heavy atom. The standard InChI is InChI=1S/C14H25NO3/c1-11(10-15)8-13(16)12-2-5-18-14(9-12)3-6-17-7-4-14/h11-12H,2-10,15H2,1H3. The van der Waals surface area contributed by atoms with Crippen LogP contribution in [0.5, 0.6) is 0 Å². The molecule has 0 bridgehead atoms. The molecule has 0 amide bonds. The number of ketones is 1. The zero-order valence-corrected chi connectivity index (χ0v) is 11.3. The third-order valence-corrected chi connectivity index (χ3v) is 4.30. The van der Waals surface area contributed by atoms with E-state index in [0.29, 0.717) is 31.3 Å². The van der Waals surface area contributed by atoms with E-state index < -0.39 is 0 Å². The fourth-order valence-electron chi connectivity index (χ4n) is 2.99. The van der Waals surface area contributed by atoms with Gasteiger partial charge in [0.1, 0.15) is 5.78 Å². The maximum Gasteiger partial charge on any atom is 0.136 e. The molecule has 18 heavy (non-hydrogen) atoms. The van der Waals surface area contributed by atoms with Crippen molar-refractivity contribution < 1.29 is 14.3 Å². The van der Waals surface area contributed by atoms with Crippen molar-refractivity contribution in [2.75, 3.05) is 26.4 Å². The molecule has 1 spiro atoms. The zero-order valence-electron chi connectivity index (χ0n) is 11.3. The molecular formula is C14H25NO3. The summed E-state index contributed by atoms with van der Waals surface area (Å²) in [6, 6.07) is 0. The normalized spacial score (nSPS) is 29.1. The van der Waals surface area contributed by atoms with Gasteiger partial charge in [0.25, 0.3) is 0 Å². The van der Waals surface area contributed by atoms with E-state index in [9.17, 15) is 4.79 Å². The van der Waals surface area contributed by atoms with Crippen LogP contribution >= 0.6 is 0 Å². The molecule has 0 radical (unpaired) electrons. The van der Waals surface area contributed by atoms with E-state index in [1.165, 1.54) is 0 Å². The lowest BCUT2D eigenvalue weighted by atomic mass is 9.78. The highest BCUT2D eigenvalue weighted by Gasteiger charge is 2.40. The maximum absolute atomic E-state index is 12.3. The van der Waals surface area contributed by atoms with Crippen molar-refractivity contribution in [1.29, 1.82) is 0 Å². The van der Waals surface area contributed by atoms with Crippen molar-refractivity contribution in [3.05, 3.63) is 0 Å². The van der Waals surface area contributed by atoms with Gasteiger partial charge in [-0.3, -0.25) is 4.79 Å². The third kappa shape index (κ3) is 3.31. The lowest BCUT2D eigenvalue weighted by molar-refractivity contribution is -0.157. The van der Waals surface area contributed by atoms with Gasteiger partial charge in [0.2, 0.25) is 0 Å². The first-order chi connectivity index (χ1) is 8.65. The second-order valence-electron chi connectivity index (χ2n) is 5.84. The minimum atomic E-state index is -0.0806. The highest BCUT2D eigenvalue weighted by molar-refractivity contribution is 5.81. The summed E-state index contributed by atoms with van der Waals surface area (Å²) in [7, 11) is 0. The van der Waals surface area contributed by atoms with E-state index in [4.69, 9.17) is 15.2 Å². The number of rotatable bonds is 4. The van der Waals surface area contributed by atoms with Gasteiger partial charge < -0.3 is 15.2 Å². The largest absolute Gasteiger partial charge is 0.381 e. The van der Waals surface area contributed by atoms with Crippen LogP contribution < -0.4 is 5.73 Å². The van der Waals surface area contributed by atoms with Crippen LogP contribution in [0, 0.1) is 11.8 Å². The number of ether oxygens (including phenoxy) is 2. The molecule has 2 fully saturated rings. The van der Waals surface area contributed by atoms with Gasteiger partial charge in [-0.25, -0.2) is 0 Å². The zero-order chi connectivity index (χ0) is 13.0. The van der Waals surface area contributed by atoms with E-state index in [-0.39, 0.29) is 11.5 Å². The Bertz CT molecular complexity index is 281. The van der Waals surface area contributed by atoms with Gasteiger partial charge >= 0.3 is 0 Å². The lowest BCUT2D eigenvalue weighted by Crippen LogP contribution is -2.46. The first-order valence-electron chi connectivity index (χ1n) is 7.10. The number of hydrogen-bond donors (Lipinski definition) is 1. The molecule has 2 atom stereocenters. The predicted molar refractivity (Wildman–Crippen MR) is 69.3 cm³/mol. The molecule has 0 aromatic rings. The molecule has 2 rings (SSSR count). The van der Waals surface area contributed by atoms with E-state index in [1.807, 2.05) is 6.92 Å². The smallest absolute Gasteiger partial charge is 0.136 e. The second kappa shape index (κ2) is 6.13. The van der Waals surface area contributed by atoms with Gasteiger partial charge in [-0.15, -0.1) is 0 Å². The summed E-state index contributed by atoms with van der Waals surface area (Å²) < 4.78 is 11.4. The molecule has 0 saturated carbocycles. The Balaban J connectivity index is 1.91. The molecule has 4 heteroatoms. The number of carbonyl (C=O) groups is 1. The SMILES string of the molecule is CC(CN)CC(=O)C1CCOC2(CCOCC2)C1.